The van der Waals surface area contributed by atoms with Crippen LogP contribution in [0.15, 0.2) is 85.2 Å². The number of anilines is 4. The zero-order chi connectivity index (χ0) is 23.9. The second-order valence-electron chi connectivity index (χ2n) is 7.32. The number of hydrazine groups is 1. The van der Waals surface area contributed by atoms with Crippen LogP contribution < -0.4 is 26.6 Å². The first-order valence-corrected chi connectivity index (χ1v) is 10.8. The lowest BCUT2D eigenvalue weighted by Crippen LogP contribution is -2.35. The molecule has 8 nitrogen and oxygen atoms in total. The van der Waals surface area contributed by atoms with Gasteiger partial charge in [-0.1, -0.05) is 72.3 Å². The fourth-order valence-corrected chi connectivity index (χ4v) is 3.65. The lowest BCUT2D eigenvalue weighted by atomic mass is 9.91. The van der Waals surface area contributed by atoms with Gasteiger partial charge in [0.1, 0.15) is 17.8 Å². The van der Waals surface area contributed by atoms with E-state index >= 15 is 0 Å². The fraction of sp³-hybridized carbons (Fsp3) is 0.0800. The highest BCUT2D eigenvalue weighted by molar-refractivity contribution is 6.31. The van der Waals surface area contributed by atoms with E-state index in [-0.39, 0.29) is 17.4 Å². The van der Waals surface area contributed by atoms with Crippen LogP contribution in [0, 0.1) is 0 Å². The maximum atomic E-state index is 13.2. The van der Waals surface area contributed by atoms with E-state index in [2.05, 4.69) is 26.1 Å². The Labute approximate surface area is 202 Å². The molecule has 4 rings (SSSR count). The molecule has 172 valence electrons. The van der Waals surface area contributed by atoms with Crippen molar-refractivity contribution in [2.24, 2.45) is 0 Å². The number of hydrogen-bond donors (Lipinski definition) is 4. The molecule has 0 spiro atoms. The van der Waals surface area contributed by atoms with E-state index < -0.39 is 5.92 Å². The van der Waals surface area contributed by atoms with E-state index in [0.29, 0.717) is 22.3 Å². The number of nitrogens with one attached hydrogen (secondary N) is 3. The lowest BCUT2D eigenvalue weighted by Gasteiger charge is -2.19. The Kier molecular flexibility index (Phi) is 7.10. The zero-order valence-corrected chi connectivity index (χ0v) is 19.1. The molecular formula is C25H23ClN6O2. The molecule has 1 amide bonds. The van der Waals surface area contributed by atoms with Crippen LogP contribution >= 0.6 is 11.6 Å². The van der Waals surface area contributed by atoms with Gasteiger partial charge in [0.2, 0.25) is 5.91 Å². The van der Waals surface area contributed by atoms with Gasteiger partial charge in [-0.15, -0.1) is 0 Å². The Balaban J connectivity index is 1.54. The number of amides is 1. The van der Waals surface area contributed by atoms with Crippen molar-refractivity contribution in [3.63, 3.8) is 0 Å². The molecule has 0 radical (unpaired) electrons. The minimum atomic E-state index is -0.522. The van der Waals surface area contributed by atoms with E-state index in [1.807, 2.05) is 60.7 Å². The number of carbonyl (C=O) groups is 1. The van der Waals surface area contributed by atoms with E-state index in [4.69, 9.17) is 22.1 Å². The number of benzene rings is 3. The number of aromatic nitrogens is 2. The number of nitrogens with two attached hydrogens (primary N) is 1. The molecule has 0 saturated carbocycles. The Morgan fingerprint density at radius 2 is 1.56 bits per heavy atom. The van der Waals surface area contributed by atoms with Gasteiger partial charge < -0.3 is 15.8 Å². The summed E-state index contributed by atoms with van der Waals surface area (Å²) in [7, 11) is 1.55. The number of nitrogens with zero attached hydrogens (tertiary/aromatic N) is 2. The molecule has 0 bridgehead atoms. The van der Waals surface area contributed by atoms with Gasteiger partial charge in [0.05, 0.1) is 18.7 Å². The first kappa shape index (κ1) is 22.9. The number of rotatable bonds is 8. The third-order valence-corrected chi connectivity index (χ3v) is 5.37. The largest absolute Gasteiger partial charge is 0.495 e. The van der Waals surface area contributed by atoms with Gasteiger partial charge >= 0.3 is 0 Å². The third kappa shape index (κ3) is 5.19. The topological polar surface area (TPSA) is 114 Å². The van der Waals surface area contributed by atoms with E-state index in [1.165, 1.54) is 6.33 Å². The second kappa shape index (κ2) is 10.5. The average molecular weight is 475 g/mol. The highest BCUT2D eigenvalue weighted by Gasteiger charge is 2.23. The molecule has 5 N–H and O–H groups in total. The van der Waals surface area contributed by atoms with Crippen molar-refractivity contribution in [2.45, 2.75) is 5.92 Å². The Morgan fingerprint density at radius 3 is 2.18 bits per heavy atom. The van der Waals surface area contributed by atoms with Crippen molar-refractivity contribution in [3.8, 4) is 5.75 Å². The normalized spacial score (nSPS) is 10.6. The number of methoxy groups -OCH3 is 1. The summed E-state index contributed by atoms with van der Waals surface area (Å²) in [6.07, 6.45) is 1.33. The Bertz CT molecular complexity index is 1230. The molecule has 4 aromatic rings. The van der Waals surface area contributed by atoms with E-state index in [9.17, 15) is 4.79 Å². The summed E-state index contributed by atoms with van der Waals surface area (Å²) in [4.78, 5) is 21.6. The van der Waals surface area contributed by atoms with Gasteiger partial charge in [0, 0.05) is 5.02 Å². The first-order valence-electron chi connectivity index (χ1n) is 10.4. The predicted octanol–water partition coefficient (Wildman–Crippen LogP) is 4.74. The zero-order valence-electron chi connectivity index (χ0n) is 18.3. The van der Waals surface area contributed by atoms with Gasteiger partial charge in [-0.3, -0.25) is 15.6 Å². The number of nitrogen functional groups attached to an aromatic ring is 1. The molecule has 1 aromatic heterocycles. The van der Waals surface area contributed by atoms with Crippen molar-refractivity contribution in [1.29, 1.82) is 0 Å². The Morgan fingerprint density at radius 1 is 0.941 bits per heavy atom. The minimum Gasteiger partial charge on any atom is -0.495 e. The van der Waals surface area contributed by atoms with Gasteiger partial charge in [0.15, 0.2) is 11.6 Å². The van der Waals surface area contributed by atoms with Crippen molar-refractivity contribution in [3.05, 3.63) is 101 Å². The summed E-state index contributed by atoms with van der Waals surface area (Å²) in [5.74, 6) is 0.355. The van der Waals surface area contributed by atoms with Crippen molar-refractivity contribution in [2.75, 3.05) is 23.6 Å². The molecule has 0 aliphatic rings. The SMILES string of the molecule is COc1ccc(Cl)cc1Nc1ncnc(NNC(=O)C(c2ccccc2)c2ccccc2)c1N. The number of halogens is 1. The van der Waals surface area contributed by atoms with Gasteiger partial charge in [-0.05, 0) is 29.3 Å². The summed E-state index contributed by atoms with van der Waals surface area (Å²) in [5.41, 5.74) is 14.3. The maximum absolute atomic E-state index is 13.2. The molecule has 1 heterocycles. The van der Waals surface area contributed by atoms with E-state index in [1.54, 1.807) is 25.3 Å². The van der Waals surface area contributed by atoms with Gasteiger partial charge in [-0.2, -0.15) is 0 Å². The molecule has 0 aliphatic heterocycles. The molecule has 0 unspecified atom stereocenters. The quantitative estimate of drug-likeness (QED) is 0.273. The minimum absolute atomic E-state index is 0.209. The van der Waals surface area contributed by atoms with E-state index in [0.717, 1.165) is 11.1 Å². The monoisotopic (exact) mass is 474 g/mol. The summed E-state index contributed by atoms with van der Waals surface area (Å²) in [6, 6.07) is 24.2. The van der Waals surface area contributed by atoms with Gasteiger partial charge in [0.25, 0.3) is 0 Å². The van der Waals surface area contributed by atoms with Crippen molar-refractivity contribution in [1.82, 2.24) is 15.4 Å². The van der Waals surface area contributed by atoms with Crippen LogP contribution in [0.2, 0.25) is 5.02 Å². The van der Waals surface area contributed by atoms with Crippen LogP contribution in [-0.4, -0.2) is 23.0 Å². The summed E-state index contributed by atoms with van der Waals surface area (Å²) < 4.78 is 5.35. The van der Waals surface area contributed by atoms with Gasteiger partial charge in [-0.25, -0.2) is 9.97 Å². The summed E-state index contributed by atoms with van der Waals surface area (Å²) >= 11 is 6.11. The molecule has 0 fully saturated rings. The van der Waals surface area contributed by atoms with Crippen LogP contribution in [0.5, 0.6) is 5.75 Å². The first-order chi connectivity index (χ1) is 16.6. The molecule has 0 atom stereocenters. The highest BCUT2D eigenvalue weighted by Crippen LogP contribution is 2.33. The summed E-state index contributed by atoms with van der Waals surface area (Å²) in [5, 5.41) is 3.62. The highest BCUT2D eigenvalue weighted by atomic mass is 35.5. The molecule has 0 aliphatic carbocycles. The average Bonchev–Trinajstić information content (AvgIpc) is 2.86. The molecule has 0 saturated heterocycles. The van der Waals surface area contributed by atoms with Crippen LogP contribution in [0.1, 0.15) is 17.0 Å². The molecule has 9 heteroatoms. The maximum Gasteiger partial charge on any atom is 0.250 e. The number of ether oxygens (including phenoxy) is 1. The summed E-state index contributed by atoms with van der Waals surface area (Å²) in [6.45, 7) is 0. The molecule has 34 heavy (non-hydrogen) atoms. The molecule has 3 aromatic carbocycles. The van der Waals surface area contributed by atoms with Crippen molar-refractivity contribution < 1.29 is 9.53 Å². The number of carbonyl (C=O) groups excluding carboxylic acids is 1. The third-order valence-electron chi connectivity index (χ3n) is 5.13. The smallest absolute Gasteiger partial charge is 0.250 e. The van der Waals surface area contributed by atoms with Crippen LogP contribution in [0.3, 0.4) is 0 Å². The molecular weight excluding hydrogens is 452 g/mol. The second-order valence-corrected chi connectivity index (χ2v) is 7.76. The number of hydrogen-bond acceptors (Lipinski definition) is 7. The lowest BCUT2D eigenvalue weighted by molar-refractivity contribution is -0.121. The van der Waals surface area contributed by atoms with Crippen LogP contribution in [-0.2, 0) is 4.79 Å². The fourth-order valence-electron chi connectivity index (χ4n) is 3.48. The predicted molar refractivity (Wildman–Crippen MR) is 134 cm³/mol. The van der Waals surface area contributed by atoms with Crippen LogP contribution in [0.25, 0.3) is 0 Å². The Hall–Kier alpha value is -4.30. The van der Waals surface area contributed by atoms with Crippen LogP contribution in [0.4, 0.5) is 23.0 Å². The van der Waals surface area contributed by atoms with Crippen molar-refractivity contribution >= 4 is 40.5 Å². The standard InChI is InChI=1S/C25H23ClN6O2/c1-34-20-13-12-18(26)14-19(20)30-23-22(27)24(29-15-28-23)31-32-25(33)21(16-8-4-2-5-9-16)17-10-6-3-7-11-17/h2-15,21H,27H2,1H3,(H,32,33)(H2,28,29,30,31).